The molecule has 1 aliphatic heterocycles. The van der Waals surface area contributed by atoms with Crippen molar-refractivity contribution in [1.29, 1.82) is 0 Å². The first-order valence-corrected chi connectivity index (χ1v) is 9.25. The number of pyridine rings is 1. The van der Waals surface area contributed by atoms with E-state index in [2.05, 4.69) is 4.98 Å². The number of nitrogens with zero attached hydrogens (tertiary/aromatic N) is 2. The third-order valence-corrected chi connectivity index (χ3v) is 6.79. The molecule has 1 aromatic heterocycles. The molecule has 1 aliphatic rings. The number of hydrogen-bond acceptors (Lipinski definition) is 4. The molecule has 0 unspecified atom stereocenters. The standard InChI is InChI=1S/C14H13ClN2O2S2/c15-12-1-3-13(4-2-12)21(18,19)17-9-10-20-14(17)11-5-7-16-8-6-11/h1-8,14H,9-10H2/t14-/m0/s1. The Kier molecular flexibility index (Phi) is 4.21. The van der Waals surface area contributed by atoms with Crippen LogP contribution in [0.2, 0.25) is 5.02 Å². The Labute approximate surface area is 133 Å². The molecule has 110 valence electrons. The van der Waals surface area contributed by atoms with Gasteiger partial charge >= 0.3 is 0 Å². The highest BCUT2D eigenvalue weighted by atomic mass is 35.5. The number of aromatic nitrogens is 1. The fourth-order valence-corrected chi connectivity index (χ4v) is 5.60. The van der Waals surface area contributed by atoms with Gasteiger partial charge in [0, 0.05) is 29.7 Å². The largest absolute Gasteiger partial charge is 0.265 e. The summed E-state index contributed by atoms with van der Waals surface area (Å²) in [6, 6.07) is 9.99. The van der Waals surface area contributed by atoms with Gasteiger partial charge in [-0.05, 0) is 42.0 Å². The van der Waals surface area contributed by atoms with E-state index in [0.717, 1.165) is 11.3 Å². The van der Waals surface area contributed by atoms with Crippen molar-refractivity contribution in [2.45, 2.75) is 10.3 Å². The molecule has 0 aliphatic carbocycles. The molecule has 1 saturated heterocycles. The van der Waals surface area contributed by atoms with Crippen LogP contribution in [0.25, 0.3) is 0 Å². The topological polar surface area (TPSA) is 50.3 Å². The van der Waals surface area contributed by atoms with Gasteiger partial charge in [-0.3, -0.25) is 4.98 Å². The smallest absolute Gasteiger partial charge is 0.244 e. The highest BCUT2D eigenvalue weighted by Crippen LogP contribution is 2.41. The van der Waals surface area contributed by atoms with Crippen molar-refractivity contribution < 1.29 is 8.42 Å². The maximum Gasteiger partial charge on any atom is 0.244 e. The van der Waals surface area contributed by atoms with Crippen molar-refractivity contribution in [3.8, 4) is 0 Å². The molecule has 0 amide bonds. The first kappa shape index (κ1) is 14.8. The lowest BCUT2D eigenvalue weighted by Crippen LogP contribution is -2.30. The van der Waals surface area contributed by atoms with Crippen molar-refractivity contribution in [3.63, 3.8) is 0 Å². The van der Waals surface area contributed by atoms with Crippen molar-refractivity contribution in [1.82, 2.24) is 9.29 Å². The highest BCUT2D eigenvalue weighted by Gasteiger charge is 2.36. The van der Waals surface area contributed by atoms with Gasteiger partial charge in [0.2, 0.25) is 10.0 Å². The molecule has 4 nitrogen and oxygen atoms in total. The zero-order chi connectivity index (χ0) is 14.9. The molecule has 0 N–H and O–H groups in total. The average molecular weight is 341 g/mol. The van der Waals surface area contributed by atoms with Gasteiger partial charge < -0.3 is 0 Å². The minimum absolute atomic E-state index is 0.200. The van der Waals surface area contributed by atoms with E-state index >= 15 is 0 Å². The fourth-order valence-electron chi connectivity index (χ4n) is 2.23. The molecule has 0 saturated carbocycles. The Balaban J connectivity index is 1.96. The molecule has 7 heteroatoms. The lowest BCUT2D eigenvalue weighted by molar-refractivity contribution is 0.434. The molecule has 21 heavy (non-hydrogen) atoms. The highest BCUT2D eigenvalue weighted by molar-refractivity contribution is 8.01. The Morgan fingerprint density at radius 1 is 1.14 bits per heavy atom. The predicted molar refractivity (Wildman–Crippen MR) is 84.8 cm³/mol. The van der Waals surface area contributed by atoms with E-state index in [4.69, 9.17) is 11.6 Å². The second-order valence-electron chi connectivity index (χ2n) is 4.57. The lowest BCUT2D eigenvalue weighted by Gasteiger charge is -2.23. The number of halogens is 1. The Bertz CT molecular complexity index is 720. The van der Waals surface area contributed by atoms with Crippen LogP contribution in [-0.2, 0) is 10.0 Å². The number of thioether (sulfide) groups is 1. The van der Waals surface area contributed by atoms with Crippen LogP contribution in [-0.4, -0.2) is 30.0 Å². The molecule has 0 bridgehead atoms. The van der Waals surface area contributed by atoms with E-state index in [1.54, 1.807) is 48.4 Å². The third-order valence-electron chi connectivity index (χ3n) is 3.26. The average Bonchev–Trinajstić information content (AvgIpc) is 2.99. The Morgan fingerprint density at radius 3 is 2.48 bits per heavy atom. The summed E-state index contributed by atoms with van der Waals surface area (Å²) < 4.78 is 27.1. The summed E-state index contributed by atoms with van der Waals surface area (Å²) in [6.07, 6.45) is 3.36. The summed E-state index contributed by atoms with van der Waals surface area (Å²) in [5, 5.41) is 0.323. The van der Waals surface area contributed by atoms with Crippen molar-refractivity contribution in [2.24, 2.45) is 0 Å². The maximum atomic E-state index is 12.8. The van der Waals surface area contributed by atoms with E-state index < -0.39 is 10.0 Å². The number of sulfonamides is 1. The molecular formula is C14H13ClN2O2S2. The molecule has 0 radical (unpaired) electrons. The van der Waals surface area contributed by atoms with Crippen LogP contribution in [0.3, 0.4) is 0 Å². The van der Waals surface area contributed by atoms with Crippen molar-refractivity contribution in [2.75, 3.05) is 12.3 Å². The molecular weight excluding hydrogens is 328 g/mol. The molecule has 3 rings (SSSR count). The SMILES string of the molecule is O=S(=O)(c1ccc(Cl)cc1)N1CCS[C@H]1c1ccncc1. The molecule has 0 spiro atoms. The van der Waals surface area contributed by atoms with Gasteiger partial charge in [0.05, 0.1) is 10.3 Å². The minimum atomic E-state index is -3.52. The first-order valence-electron chi connectivity index (χ1n) is 6.38. The van der Waals surface area contributed by atoms with Crippen LogP contribution >= 0.6 is 23.4 Å². The van der Waals surface area contributed by atoms with Crippen LogP contribution in [0, 0.1) is 0 Å². The number of hydrogen-bond donors (Lipinski definition) is 0. The van der Waals surface area contributed by atoms with Gasteiger partial charge in [-0.2, -0.15) is 4.31 Å². The number of rotatable bonds is 3. The third kappa shape index (κ3) is 2.94. The normalized spacial score (nSPS) is 19.8. The second kappa shape index (κ2) is 5.96. The van der Waals surface area contributed by atoms with Crippen LogP contribution in [0.5, 0.6) is 0 Å². The molecule has 2 aromatic rings. The molecule has 1 fully saturated rings. The van der Waals surface area contributed by atoms with E-state index in [1.165, 1.54) is 4.31 Å². The van der Waals surface area contributed by atoms with E-state index in [9.17, 15) is 8.42 Å². The van der Waals surface area contributed by atoms with Crippen LogP contribution in [0.15, 0.2) is 53.7 Å². The van der Waals surface area contributed by atoms with Crippen molar-refractivity contribution in [3.05, 3.63) is 59.4 Å². The molecule has 2 heterocycles. The summed E-state index contributed by atoms with van der Waals surface area (Å²) in [7, 11) is -3.52. The van der Waals surface area contributed by atoms with Gasteiger partial charge in [-0.1, -0.05) is 11.6 Å². The molecule has 1 atom stereocenters. The van der Waals surface area contributed by atoms with Gasteiger partial charge in [-0.25, -0.2) is 8.42 Å². The summed E-state index contributed by atoms with van der Waals surface area (Å²) in [5.74, 6) is 0.778. The molecule has 1 aromatic carbocycles. The van der Waals surface area contributed by atoms with E-state index in [1.807, 2.05) is 12.1 Å². The van der Waals surface area contributed by atoms with Crippen LogP contribution in [0.1, 0.15) is 10.9 Å². The van der Waals surface area contributed by atoms with Gasteiger partial charge in [0.1, 0.15) is 0 Å². The van der Waals surface area contributed by atoms with E-state index in [0.29, 0.717) is 11.6 Å². The van der Waals surface area contributed by atoms with Crippen LogP contribution < -0.4 is 0 Å². The zero-order valence-electron chi connectivity index (χ0n) is 11.0. The van der Waals surface area contributed by atoms with Crippen molar-refractivity contribution >= 4 is 33.4 Å². The van der Waals surface area contributed by atoms with Gasteiger partial charge in [0.15, 0.2) is 0 Å². The minimum Gasteiger partial charge on any atom is -0.265 e. The monoisotopic (exact) mass is 340 g/mol. The zero-order valence-corrected chi connectivity index (χ0v) is 13.4. The predicted octanol–water partition coefficient (Wildman–Crippen LogP) is 3.17. The van der Waals surface area contributed by atoms with Crippen LogP contribution in [0.4, 0.5) is 0 Å². The summed E-state index contributed by atoms with van der Waals surface area (Å²) in [4.78, 5) is 4.25. The number of benzene rings is 1. The quantitative estimate of drug-likeness (QED) is 0.861. The van der Waals surface area contributed by atoms with Gasteiger partial charge in [0.25, 0.3) is 0 Å². The maximum absolute atomic E-state index is 12.8. The lowest BCUT2D eigenvalue weighted by atomic mass is 10.3. The summed E-state index contributed by atoms with van der Waals surface area (Å²) in [5.41, 5.74) is 0.949. The van der Waals surface area contributed by atoms with Gasteiger partial charge in [-0.15, -0.1) is 11.8 Å². The second-order valence-corrected chi connectivity index (χ2v) is 8.09. The Hall–Kier alpha value is -1.08. The first-order chi connectivity index (χ1) is 10.1. The fraction of sp³-hybridized carbons (Fsp3) is 0.214. The Morgan fingerprint density at radius 2 is 1.81 bits per heavy atom. The van der Waals surface area contributed by atoms with E-state index in [-0.39, 0.29) is 10.3 Å². The summed E-state index contributed by atoms with van der Waals surface area (Å²) >= 11 is 7.45. The summed E-state index contributed by atoms with van der Waals surface area (Å²) in [6.45, 7) is 0.503.